The summed E-state index contributed by atoms with van der Waals surface area (Å²) in [6, 6.07) is 5.59. The molecule has 4 rings (SSSR count). The average Bonchev–Trinajstić information content (AvgIpc) is 2.99. The third-order valence-corrected chi connectivity index (χ3v) is 7.70. The Hall–Kier alpha value is -2.71. The number of nitrogens with one attached hydrogen (secondary N) is 1. The summed E-state index contributed by atoms with van der Waals surface area (Å²) in [5, 5.41) is 3.46. The first-order chi connectivity index (χ1) is 15.9. The molecule has 8 heteroatoms. The standard InChI is InChI=1S/C25H31N3O4S/c1-16-10-11-18(14-17(16)2)28-23(30)22-19-8-5-4-6-9-20(19)33-24(22)27(25(28)31)15-21(29)26-12-7-13-32-3/h10-11,14H,4-9,12-13,15H2,1-3H3,(H,26,29). The van der Waals surface area contributed by atoms with Gasteiger partial charge in [0.1, 0.15) is 11.4 Å². The zero-order chi connectivity index (χ0) is 23.5. The van der Waals surface area contributed by atoms with Gasteiger partial charge in [-0.05, 0) is 74.8 Å². The number of aromatic nitrogens is 2. The van der Waals surface area contributed by atoms with Crippen LogP contribution in [0.4, 0.5) is 0 Å². The number of benzene rings is 1. The fourth-order valence-corrected chi connectivity index (χ4v) is 5.79. The van der Waals surface area contributed by atoms with Gasteiger partial charge < -0.3 is 10.1 Å². The van der Waals surface area contributed by atoms with E-state index in [4.69, 9.17) is 4.74 Å². The molecule has 0 atom stereocenters. The van der Waals surface area contributed by atoms with Gasteiger partial charge in [-0.3, -0.25) is 14.2 Å². The number of ether oxygens (including phenoxy) is 1. The molecule has 2 heterocycles. The van der Waals surface area contributed by atoms with Crippen LogP contribution in [0.25, 0.3) is 15.9 Å². The van der Waals surface area contributed by atoms with Crippen molar-refractivity contribution in [3.63, 3.8) is 0 Å². The van der Waals surface area contributed by atoms with Crippen LogP contribution < -0.4 is 16.6 Å². The Morgan fingerprint density at radius 3 is 2.67 bits per heavy atom. The van der Waals surface area contributed by atoms with E-state index >= 15 is 0 Å². The maximum atomic E-state index is 13.7. The lowest BCUT2D eigenvalue weighted by atomic mass is 10.1. The van der Waals surface area contributed by atoms with E-state index in [0.717, 1.165) is 48.8 Å². The van der Waals surface area contributed by atoms with Crippen molar-refractivity contribution in [3.05, 3.63) is 60.6 Å². The summed E-state index contributed by atoms with van der Waals surface area (Å²) in [4.78, 5) is 41.8. The second-order valence-electron chi connectivity index (χ2n) is 8.72. The highest BCUT2D eigenvalue weighted by Gasteiger charge is 2.24. The number of rotatable bonds is 7. The molecule has 3 aromatic rings. The van der Waals surface area contributed by atoms with Gasteiger partial charge in [0, 0.05) is 25.1 Å². The van der Waals surface area contributed by atoms with Gasteiger partial charge in [-0.15, -0.1) is 11.3 Å². The first kappa shape index (κ1) is 23.4. The fraction of sp³-hybridized carbons (Fsp3) is 0.480. The summed E-state index contributed by atoms with van der Waals surface area (Å²) >= 11 is 1.50. The molecule has 1 aromatic carbocycles. The van der Waals surface area contributed by atoms with Crippen LogP contribution in [0.5, 0.6) is 0 Å². The molecule has 0 saturated heterocycles. The smallest absolute Gasteiger partial charge is 0.337 e. The molecule has 0 spiro atoms. The molecule has 0 aliphatic heterocycles. The monoisotopic (exact) mass is 469 g/mol. The number of hydrogen-bond donors (Lipinski definition) is 1. The predicted octanol–water partition coefficient (Wildman–Crippen LogP) is 3.25. The summed E-state index contributed by atoms with van der Waals surface area (Å²) < 4.78 is 7.75. The number of amides is 1. The van der Waals surface area contributed by atoms with Gasteiger partial charge in [0.15, 0.2) is 0 Å². The van der Waals surface area contributed by atoms with E-state index in [9.17, 15) is 14.4 Å². The lowest BCUT2D eigenvalue weighted by molar-refractivity contribution is -0.121. The summed E-state index contributed by atoms with van der Waals surface area (Å²) in [5.41, 5.74) is 2.94. The van der Waals surface area contributed by atoms with Crippen LogP contribution in [0.2, 0.25) is 0 Å². The molecule has 1 amide bonds. The maximum Gasteiger partial charge on any atom is 0.337 e. The predicted molar refractivity (Wildman–Crippen MR) is 132 cm³/mol. The molecule has 0 unspecified atom stereocenters. The van der Waals surface area contributed by atoms with Crippen molar-refractivity contribution in [2.75, 3.05) is 20.3 Å². The molecule has 1 aliphatic carbocycles. The Morgan fingerprint density at radius 2 is 1.91 bits per heavy atom. The van der Waals surface area contributed by atoms with E-state index in [0.29, 0.717) is 35.5 Å². The Kier molecular flexibility index (Phi) is 7.14. The van der Waals surface area contributed by atoms with Crippen LogP contribution in [0.3, 0.4) is 0 Å². The summed E-state index contributed by atoms with van der Waals surface area (Å²) in [7, 11) is 1.62. The number of fused-ring (bicyclic) bond motifs is 3. The van der Waals surface area contributed by atoms with Gasteiger partial charge in [0.25, 0.3) is 5.56 Å². The number of thiophene rings is 1. The molecule has 0 radical (unpaired) electrons. The number of aryl methyl sites for hydroxylation is 4. The highest BCUT2D eigenvalue weighted by atomic mass is 32.1. The zero-order valence-electron chi connectivity index (χ0n) is 19.5. The Bertz CT molecular complexity index is 1300. The van der Waals surface area contributed by atoms with E-state index < -0.39 is 5.69 Å². The largest absolute Gasteiger partial charge is 0.385 e. The van der Waals surface area contributed by atoms with E-state index in [-0.39, 0.29) is 18.0 Å². The number of nitrogens with zero attached hydrogens (tertiary/aromatic N) is 2. The molecule has 1 N–H and O–H groups in total. The van der Waals surface area contributed by atoms with Crippen LogP contribution in [0.1, 0.15) is 47.3 Å². The quantitative estimate of drug-likeness (QED) is 0.425. The highest BCUT2D eigenvalue weighted by Crippen LogP contribution is 2.33. The van der Waals surface area contributed by atoms with Crippen molar-refractivity contribution in [3.8, 4) is 5.69 Å². The molecule has 0 saturated carbocycles. The molecule has 1 aliphatic rings. The molecule has 7 nitrogen and oxygen atoms in total. The third-order valence-electron chi connectivity index (χ3n) is 6.38. The maximum absolute atomic E-state index is 13.7. The Labute approximate surface area is 197 Å². The number of carbonyl (C=O) groups is 1. The van der Waals surface area contributed by atoms with Gasteiger partial charge in [-0.1, -0.05) is 12.5 Å². The van der Waals surface area contributed by atoms with Crippen molar-refractivity contribution in [1.82, 2.24) is 14.5 Å². The minimum Gasteiger partial charge on any atom is -0.385 e. The second-order valence-corrected chi connectivity index (χ2v) is 9.80. The van der Waals surface area contributed by atoms with Gasteiger partial charge in [0.05, 0.1) is 11.1 Å². The van der Waals surface area contributed by atoms with Crippen LogP contribution in [-0.2, 0) is 28.9 Å². The fourth-order valence-electron chi connectivity index (χ4n) is 4.42. The van der Waals surface area contributed by atoms with E-state index in [1.165, 1.54) is 25.3 Å². The average molecular weight is 470 g/mol. The van der Waals surface area contributed by atoms with Crippen molar-refractivity contribution < 1.29 is 9.53 Å². The van der Waals surface area contributed by atoms with E-state index in [1.807, 2.05) is 26.0 Å². The summed E-state index contributed by atoms with van der Waals surface area (Å²) in [6.07, 6.45) is 5.68. The van der Waals surface area contributed by atoms with Crippen LogP contribution in [-0.4, -0.2) is 35.3 Å². The molecular weight excluding hydrogens is 438 g/mol. The molecule has 0 bridgehead atoms. The SMILES string of the molecule is COCCCNC(=O)Cn1c(=O)n(-c2ccc(C)c(C)c2)c(=O)c2c3c(sc21)CCCCC3. The van der Waals surface area contributed by atoms with Gasteiger partial charge >= 0.3 is 5.69 Å². The van der Waals surface area contributed by atoms with E-state index in [2.05, 4.69) is 5.32 Å². The van der Waals surface area contributed by atoms with Gasteiger partial charge in [-0.25, -0.2) is 9.36 Å². The zero-order valence-corrected chi connectivity index (χ0v) is 20.3. The lowest BCUT2D eigenvalue weighted by Gasteiger charge is -2.14. The topological polar surface area (TPSA) is 82.3 Å². The van der Waals surface area contributed by atoms with E-state index in [1.54, 1.807) is 13.2 Å². The minimum atomic E-state index is -0.473. The van der Waals surface area contributed by atoms with Crippen LogP contribution in [0, 0.1) is 13.8 Å². The van der Waals surface area contributed by atoms with Crippen molar-refractivity contribution >= 4 is 27.5 Å². The molecular formula is C25H31N3O4S. The lowest BCUT2D eigenvalue weighted by Crippen LogP contribution is -2.41. The second kappa shape index (κ2) is 10.1. The Balaban J connectivity index is 1.88. The minimum absolute atomic E-state index is 0.118. The third kappa shape index (κ3) is 4.68. The first-order valence-electron chi connectivity index (χ1n) is 11.6. The number of methoxy groups -OCH3 is 1. The van der Waals surface area contributed by atoms with Crippen molar-refractivity contribution in [1.29, 1.82) is 0 Å². The summed E-state index contributed by atoms with van der Waals surface area (Å²) in [5.74, 6) is -0.247. The molecule has 0 fully saturated rings. The normalized spacial score (nSPS) is 13.7. The highest BCUT2D eigenvalue weighted by molar-refractivity contribution is 7.18. The van der Waals surface area contributed by atoms with Gasteiger partial charge in [-0.2, -0.15) is 0 Å². The van der Waals surface area contributed by atoms with Crippen LogP contribution in [0.15, 0.2) is 27.8 Å². The number of carbonyl (C=O) groups excluding carboxylic acids is 1. The molecule has 176 valence electrons. The molecule has 33 heavy (non-hydrogen) atoms. The van der Waals surface area contributed by atoms with Crippen LogP contribution >= 0.6 is 11.3 Å². The van der Waals surface area contributed by atoms with Gasteiger partial charge in [0.2, 0.25) is 5.91 Å². The molecule has 2 aromatic heterocycles. The number of hydrogen-bond acceptors (Lipinski definition) is 5. The Morgan fingerprint density at radius 1 is 1.12 bits per heavy atom. The van der Waals surface area contributed by atoms with Crippen molar-refractivity contribution in [2.45, 2.75) is 58.9 Å². The summed E-state index contributed by atoms with van der Waals surface area (Å²) in [6.45, 7) is 4.87. The van der Waals surface area contributed by atoms with Crippen molar-refractivity contribution in [2.24, 2.45) is 0 Å². The first-order valence-corrected chi connectivity index (χ1v) is 12.4.